The Hall–Kier alpha value is -0.210. The third-order valence-corrected chi connectivity index (χ3v) is 5.83. The average molecular weight is 319 g/mol. The minimum Gasteiger partial charge on any atom is -0.383 e. The molecule has 0 radical (unpaired) electrons. The number of hydrogen-bond acceptors (Lipinski definition) is 4. The van der Waals surface area contributed by atoms with Gasteiger partial charge in [0.05, 0.1) is 12.1 Å². The van der Waals surface area contributed by atoms with Crippen molar-refractivity contribution in [2.24, 2.45) is 5.92 Å². The summed E-state index contributed by atoms with van der Waals surface area (Å²) in [5.41, 5.74) is -0.590. The molecule has 0 aromatic carbocycles. The molecule has 0 spiro atoms. The van der Waals surface area contributed by atoms with Crippen molar-refractivity contribution in [1.29, 1.82) is 0 Å². The Labute approximate surface area is 128 Å². The fourth-order valence-corrected chi connectivity index (χ4v) is 4.50. The summed E-state index contributed by atoms with van der Waals surface area (Å²) in [7, 11) is -1.86. The van der Waals surface area contributed by atoms with Gasteiger partial charge in [0.15, 0.2) is 0 Å². The van der Waals surface area contributed by atoms with E-state index in [1.54, 1.807) is 11.4 Å². The van der Waals surface area contributed by atoms with Crippen molar-refractivity contribution in [3.63, 3.8) is 0 Å². The molecule has 1 saturated carbocycles. The first-order valence-electron chi connectivity index (χ1n) is 7.84. The molecule has 0 aromatic heterocycles. The Morgan fingerprint density at radius 3 is 2.62 bits per heavy atom. The van der Waals surface area contributed by atoms with Gasteiger partial charge in [0.1, 0.15) is 0 Å². The molecule has 2 fully saturated rings. The summed E-state index contributed by atoms with van der Waals surface area (Å²) in [5, 5.41) is 3.50. The van der Waals surface area contributed by atoms with E-state index in [1.165, 1.54) is 12.8 Å². The third kappa shape index (κ3) is 5.49. The van der Waals surface area contributed by atoms with Crippen LogP contribution in [0.3, 0.4) is 0 Å². The first-order chi connectivity index (χ1) is 9.82. The second-order valence-corrected chi connectivity index (χ2v) is 8.64. The first-order valence-corrected chi connectivity index (χ1v) is 9.28. The molecule has 2 aliphatic rings. The van der Waals surface area contributed by atoms with Gasteiger partial charge in [-0.25, -0.2) is 0 Å². The van der Waals surface area contributed by atoms with E-state index in [-0.39, 0.29) is 0 Å². The second kappa shape index (κ2) is 6.91. The summed E-state index contributed by atoms with van der Waals surface area (Å²) in [6.07, 6.45) is 4.57. The highest BCUT2D eigenvalue weighted by Gasteiger charge is 2.33. The number of nitrogens with one attached hydrogen (secondary N) is 2. The zero-order valence-electron chi connectivity index (χ0n) is 13.4. The molecule has 0 aromatic rings. The number of rotatable bonds is 8. The van der Waals surface area contributed by atoms with Crippen LogP contribution in [-0.2, 0) is 14.9 Å². The van der Waals surface area contributed by atoms with Crippen LogP contribution in [0.2, 0.25) is 0 Å². The lowest BCUT2D eigenvalue weighted by atomic mass is 10.00. The van der Waals surface area contributed by atoms with E-state index < -0.39 is 15.7 Å². The zero-order valence-corrected chi connectivity index (χ0v) is 14.2. The summed E-state index contributed by atoms with van der Waals surface area (Å²) in [4.78, 5) is 0. The Bertz CT molecular complexity index is 435. The predicted octanol–water partition coefficient (Wildman–Crippen LogP) is 0.710. The minimum atomic E-state index is -3.44. The van der Waals surface area contributed by atoms with Gasteiger partial charge in [0.25, 0.3) is 10.2 Å². The maximum Gasteiger partial charge on any atom is 0.280 e. The molecule has 1 unspecified atom stereocenters. The smallest absolute Gasteiger partial charge is 0.280 e. The lowest BCUT2D eigenvalue weighted by molar-refractivity contribution is 0.139. The molecule has 1 aliphatic heterocycles. The summed E-state index contributed by atoms with van der Waals surface area (Å²) >= 11 is 0. The zero-order chi connectivity index (χ0) is 15.5. The van der Waals surface area contributed by atoms with E-state index in [1.807, 2.05) is 13.8 Å². The highest BCUT2D eigenvalue weighted by molar-refractivity contribution is 7.87. The molecule has 2 N–H and O–H groups in total. The molecule has 21 heavy (non-hydrogen) atoms. The van der Waals surface area contributed by atoms with Gasteiger partial charge in [-0.15, -0.1) is 0 Å². The predicted molar refractivity (Wildman–Crippen MR) is 83.3 cm³/mol. The summed E-state index contributed by atoms with van der Waals surface area (Å²) in [5.74, 6) is 0.418. The van der Waals surface area contributed by atoms with Crippen LogP contribution in [0.1, 0.15) is 39.5 Å². The Kier molecular flexibility index (Phi) is 5.65. The van der Waals surface area contributed by atoms with Crippen molar-refractivity contribution in [2.75, 3.05) is 33.4 Å². The summed E-state index contributed by atoms with van der Waals surface area (Å²) in [6, 6.07) is 0.677. The maximum absolute atomic E-state index is 12.5. The Morgan fingerprint density at radius 2 is 2.00 bits per heavy atom. The quantitative estimate of drug-likeness (QED) is 0.691. The highest BCUT2D eigenvalue weighted by atomic mass is 32.2. The van der Waals surface area contributed by atoms with Crippen LogP contribution < -0.4 is 10.0 Å². The molecule has 1 heterocycles. The fraction of sp³-hybridized carbons (Fsp3) is 1.00. The lowest BCUT2D eigenvalue weighted by Crippen LogP contribution is -2.55. The van der Waals surface area contributed by atoms with E-state index in [9.17, 15) is 8.42 Å². The molecule has 124 valence electrons. The van der Waals surface area contributed by atoms with Crippen LogP contribution in [0, 0.1) is 5.92 Å². The Morgan fingerprint density at radius 1 is 1.29 bits per heavy atom. The number of ether oxygens (including phenoxy) is 1. The largest absolute Gasteiger partial charge is 0.383 e. The van der Waals surface area contributed by atoms with E-state index >= 15 is 0 Å². The summed E-state index contributed by atoms with van der Waals surface area (Å²) < 4.78 is 34.4. The van der Waals surface area contributed by atoms with Crippen LogP contribution in [0.4, 0.5) is 0 Å². The van der Waals surface area contributed by atoms with E-state index in [0.29, 0.717) is 31.7 Å². The normalized spacial score (nSPS) is 25.2. The van der Waals surface area contributed by atoms with Crippen molar-refractivity contribution < 1.29 is 13.2 Å². The molecule has 1 atom stereocenters. The SMILES string of the molecule is COCC(C)(C)NS(=O)(=O)N1CCCC(CNC2CC2)C1. The highest BCUT2D eigenvalue weighted by Crippen LogP contribution is 2.22. The molecule has 0 amide bonds. The van der Waals surface area contributed by atoms with Crippen LogP contribution in [-0.4, -0.2) is 57.7 Å². The molecule has 7 heteroatoms. The van der Waals surface area contributed by atoms with E-state index in [0.717, 1.165) is 19.4 Å². The lowest BCUT2D eigenvalue weighted by Gasteiger charge is -2.35. The first kappa shape index (κ1) is 17.1. The number of methoxy groups -OCH3 is 1. The average Bonchev–Trinajstić information content (AvgIpc) is 3.19. The van der Waals surface area contributed by atoms with Gasteiger partial charge in [-0.3, -0.25) is 0 Å². The molecular formula is C14H29N3O3S. The monoisotopic (exact) mass is 319 g/mol. The van der Waals surface area contributed by atoms with Gasteiger partial charge in [0.2, 0.25) is 0 Å². The van der Waals surface area contributed by atoms with Gasteiger partial charge >= 0.3 is 0 Å². The minimum absolute atomic E-state index is 0.354. The van der Waals surface area contributed by atoms with Crippen molar-refractivity contribution in [2.45, 2.75) is 51.1 Å². The van der Waals surface area contributed by atoms with Gasteiger partial charge in [-0.2, -0.15) is 17.4 Å². The van der Waals surface area contributed by atoms with Crippen LogP contribution in [0.5, 0.6) is 0 Å². The van der Waals surface area contributed by atoms with Crippen molar-refractivity contribution >= 4 is 10.2 Å². The van der Waals surface area contributed by atoms with Gasteiger partial charge in [-0.05, 0) is 52.0 Å². The van der Waals surface area contributed by atoms with Crippen LogP contribution >= 0.6 is 0 Å². The van der Waals surface area contributed by atoms with E-state index in [4.69, 9.17) is 4.74 Å². The van der Waals surface area contributed by atoms with E-state index in [2.05, 4.69) is 10.0 Å². The van der Waals surface area contributed by atoms with Crippen LogP contribution in [0.15, 0.2) is 0 Å². The van der Waals surface area contributed by atoms with Gasteiger partial charge < -0.3 is 10.1 Å². The third-order valence-electron chi connectivity index (χ3n) is 4.00. The fourth-order valence-electron chi connectivity index (χ4n) is 2.84. The second-order valence-electron chi connectivity index (χ2n) is 6.97. The van der Waals surface area contributed by atoms with Crippen molar-refractivity contribution in [1.82, 2.24) is 14.3 Å². The molecule has 6 nitrogen and oxygen atoms in total. The number of piperidine rings is 1. The van der Waals surface area contributed by atoms with Crippen LogP contribution in [0.25, 0.3) is 0 Å². The molecular weight excluding hydrogens is 290 g/mol. The van der Waals surface area contributed by atoms with Crippen molar-refractivity contribution in [3.05, 3.63) is 0 Å². The topological polar surface area (TPSA) is 70.7 Å². The number of hydrogen-bond donors (Lipinski definition) is 2. The molecule has 2 rings (SSSR count). The molecule has 1 saturated heterocycles. The summed E-state index contributed by atoms with van der Waals surface area (Å²) in [6.45, 7) is 6.18. The standard InChI is InChI=1S/C14H29N3O3S/c1-14(2,11-20-3)16-21(18,19)17-8-4-5-12(10-17)9-15-13-6-7-13/h12-13,15-16H,4-11H2,1-3H3. The van der Waals surface area contributed by atoms with Crippen molar-refractivity contribution in [3.8, 4) is 0 Å². The molecule has 1 aliphatic carbocycles. The van der Waals surface area contributed by atoms with Gasteiger partial charge in [0, 0.05) is 26.2 Å². The molecule has 0 bridgehead atoms. The van der Waals surface area contributed by atoms with Gasteiger partial charge in [-0.1, -0.05) is 0 Å². The Balaban J connectivity index is 1.88. The number of nitrogens with zero attached hydrogens (tertiary/aromatic N) is 1. The maximum atomic E-state index is 12.5.